The molecule has 1 aliphatic rings. The molecule has 2 aromatic heterocycles. The molecule has 0 amide bonds. The van der Waals surface area contributed by atoms with Gasteiger partial charge in [0.15, 0.2) is 0 Å². The number of aromatic amines is 1. The molecule has 0 radical (unpaired) electrons. The first-order chi connectivity index (χ1) is 10.1. The van der Waals surface area contributed by atoms with E-state index in [4.69, 9.17) is 9.47 Å². The summed E-state index contributed by atoms with van der Waals surface area (Å²) in [5, 5.41) is 7.01. The second kappa shape index (κ2) is 5.76. The molecule has 1 fully saturated rings. The van der Waals surface area contributed by atoms with Gasteiger partial charge in [0.2, 0.25) is 0 Å². The smallest absolute Gasteiger partial charge is 0.340 e. The van der Waals surface area contributed by atoms with Crippen molar-refractivity contribution in [3.05, 3.63) is 15.3 Å². The van der Waals surface area contributed by atoms with Crippen molar-refractivity contribution in [2.75, 3.05) is 31.8 Å². The average molecular weight is 402 g/mol. The van der Waals surface area contributed by atoms with Gasteiger partial charge >= 0.3 is 5.97 Å². The van der Waals surface area contributed by atoms with E-state index in [2.05, 4.69) is 49.6 Å². The average Bonchev–Trinajstić information content (AvgIpc) is 2.87. The summed E-state index contributed by atoms with van der Waals surface area (Å²) in [5.74, 6) is 0.338. The minimum Gasteiger partial charge on any atom is -0.465 e. The van der Waals surface area contributed by atoms with Crippen molar-refractivity contribution < 1.29 is 14.3 Å². The summed E-state index contributed by atoms with van der Waals surface area (Å²) in [7, 11) is 1.36. The summed E-state index contributed by atoms with van der Waals surface area (Å²) in [5.41, 5.74) is 1.65. The van der Waals surface area contributed by atoms with Gasteiger partial charge in [-0.05, 0) is 35.6 Å². The third kappa shape index (κ3) is 2.57. The molecule has 2 aromatic rings. The monoisotopic (exact) mass is 402 g/mol. The number of ether oxygens (including phenoxy) is 2. The normalized spacial score (nSPS) is 19.0. The zero-order valence-electron chi connectivity index (χ0n) is 11.7. The molecule has 21 heavy (non-hydrogen) atoms. The van der Waals surface area contributed by atoms with Crippen LogP contribution in [0.15, 0.2) is 6.07 Å². The van der Waals surface area contributed by atoms with E-state index in [-0.39, 0.29) is 6.04 Å². The van der Waals surface area contributed by atoms with Crippen molar-refractivity contribution in [2.24, 2.45) is 0 Å². The summed E-state index contributed by atoms with van der Waals surface area (Å²) in [6, 6.07) is 1.95. The molecule has 1 aliphatic heterocycles. The number of hydrogen-bond donors (Lipinski definition) is 1. The number of halogens is 1. The highest BCUT2D eigenvalue weighted by atomic mass is 127. The molecule has 0 saturated carbocycles. The number of morpholine rings is 1. The van der Waals surface area contributed by atoms with Crippen molar-refractivity contribution in [2.45, 2.75) is 13.0 Å². The number of carbonyl (C=O) groups is 1. The molecule has 8 heteroatoms. The van der Waals surface area contributed by atoms with Crippen LogP contribution in [0.4, 0.5) is 5.82 Å². The first-order valence-electron chi connectivity index (χ1n) is 6.59. The third-order valence-corrected chi connectivity index (χ3v) is 4.27. The molecule has 112 valence electrons. The maximum Gasteiger partial charge on any atom is 0.340 e. The van der Waals surface area contributed by atoms with Crippen molar-refractivity contribution in [3.8, 4) is 0 Å². The molecular weight excluding hydrogens is 387 g/mol. The maximum atomic E-state index is 12.0. The van der Waals surface area contributed by atoms with Crippen molar-refractivity contribution >= 4 is 45.4 Å². The second-order valence-corrected chi connectivity index (χ2v) is 5.95. The third-order valence-electron chi connectivity index (χ3n) is 3.52. The molecule has 0 aliphatic carbocycles. The molecule has 0 aromatic carbocycles. The van der Waals surface area contributed by atoms with Gasteiger partial charge in [0, 0.05) is 6.54 Å². The van der Waals surface area contributed by atoms with Gasteiger partial charge in [-0.25, -0.2) is 9.78 Å². The second-order valence-electron chi connectivity index (χ2n) is 4.87. The Bertz CT molecular complexity index is 687. The van der Waals surface area contributed by atoms with Gasteiger partial charge in [0.05, 0.1) is 31.9 Å². The number of rotatable bonds is 2. The lowest BCUT2D eigenvalue weighted by Crippen LogP contribution is -2.44. The van der Waals surface area contributed by atoms with Crippen LogP contribution in [0.2, 0.25) is 0 Å². The Hall–Kier alpha value is -1.42. The van der Waals surface area contributed by atoms with Gasteiger partial charge in [0.1, 0.15) is 20.6 Å². The number of methoxy groups -OCH3 is 1. The lowest BCUT2D eigenvalue weighted by Gasteiger charge is -2.34. The number of pyridine rings is 1. The fourth-order valence-electron chi connectivity index (χ4n) is 2.43. The molecule has 0 spiro atoms. The number of nitrogens with zero attached hydrogens (tertiary/aromatic N) is 3. The van der Waals surface area contributed by atoms with Crippen molar-refractivity contribution in [3.63, 3.8) is 0 Å². The number of H-pyrrole nitrogens is 1. The standard InChI is InChI=1S/C13H15IN4O3/c1-7-6-21-4-3-18(7)9-5-8(13(19)20-2)10-11(15-9)12(14)17-16-10/h5,7H,3-4,6H2,1-2H3,(H,16,17)/t7-/m1/s1. The highest BCUT2D eigenvalue weighted by Crippen LogP contribution is 2.26. The molecule has 1 saturated heterocycles. The Morgan fingerprint density at radius 1 is 1.57 bits per heavy atom. The number of fused-ring (bicyclic) bond motifs is 1. The van der Waals surface area contributed by atoms with Crippen LogP contribution in [0, 0.1) is 3.70 Å². The van der Waals surface area contributed by atoms with Crippen LogP contribution in [-0.4, -0.2) is 54.1 Å². The predicted octanol–water partition coefficient (Wildman–Crippen LogP) is 1.57. The lowest BCUT2D eigenvalue weighted by atomic mass is 10.2. The molecule has 0 bridgehead atoms. The Morgan fingerprint density at radius 3 is 3.10 bits per heavy atom. The highest BCUT2D eigenvalue weighted by Gasteiger charge is 2.24. The highest BCUT2D eigenvalue weighted by molar-refractivity contribution is 14.1. The minimum absolute atomic E-state index is 0.207. The summed E-state index contributed by atoms with van der Waals surface area (Å²) in [6.07, 6.45) is 0. The van der Waals surface area contributed by atoms with E-state index >= 15 is 0 Å². The van der Waals surface area contributed by atoms with Gasteiger partial charge in [-0.1, -0.05) is 0 Å². The van der Waals surface area contributed by atoms with Gasteiger partial charge in [-0.15, -0.1) is 0 Å². The van der Waals surface area contributed by atoms with E-state index in [0.717, 1.165) is 16.1 Å². The van der Waals surface area contributed by atoms with E-state index in [9.17, 15) is 4.79 Å². The Kier molecular flexibility index (Phi) is 3.98. The van der Waals surface area contributed by atoms with Crippen molar-refractivity contribution in [1.29, 1.82) is 0 Å². The summed E-state index contributed by atoms with van der Waals surface area (Å²) in [6.45, 7) is 4.12. The van der Waals surface area contributed by atoms with E-state index in [0.29, 0.717) is 29.8 Å². The summed E-state index contributed by atoms with van der Waals surface area (Å²) < 4.78 is 11.1. The number of carbonyl (C=O) groups excluding carboxylic acids is 1. The minimum atomic E-state index is -0.410. The summed E-state index contributed by atoms with van der Waals surface area (Å²) in [4.78, 5) is 18.8. The Morgan fingerprint density at radius 2 is 2.38 bits per heavy atom. The SMILES string of the molecule is COC(=O)c1cc(N2CCOC[C@H]2C)nc2c(I)[nH]nc12. The zero-order valence-corrected chi connectivity index (χ0v) is 13.9. The number of esters is 1. The zero-order chi connectivity index (χ0) is 15.0. The first-order valence-corrected chi connectivity index (χ1v) is 7.67. The van der Waals surface area contributed by atoms with Gasteiger partial charge in [0.25, 0.3) is 0 Å². The van der Waals surface area contributed by atoms with E-state index in [1.807, 2.05) is 0 Å². The van der Waals surface area contributed by atoms with Crippen LogP contribution in [-0.2, 0) is 9.47 Å². The van der Waals surface area contributed by atoms with Crippen LogP contribution in [0.3, 0.4) is 0 Å². The Labute approximate surface area is 135 Å². The molecular formula is C13H15IN4O3. The van der Waals surface area contributed by atoms with Gasteiger partial charge in [-0.2, -0.15) is 5.10 Å². The molecule has 1 N–H and O–H groups in total. The fraction of sp³-hybridized carbons (Fsp3) is 0.462. The van der Waals surface area contributed by atoms with Crippen LogP contribution in [0.25, 0.3) is 11.0 Å². The fourth-order valence-corrected chi connectivity index (χ4v) is 2.93. The molecule has 1 atom stereocenters. The number of nitrogens with one attached hydrogen (secondary N) is 1. The lowest BCUT2D eigenvalue weighted by molar-refractivity contribution is 0.0602. The van der Waals surface area contributed by atoms with Crippen LogP contribution >= 0.6 is 22.6 Å². The quantitative estimate of drug-likeness (QED) is 0.607. The Balaban J connectivity index is 2.14. The molecule has 0 unspecified atom stereocenters. The van der Waals surface area contributed by atoms with E-state index in [1.165, 1.54) is 7.11 Å². The maximum absolute atomic E-state index is 12.0. The van der Waals surface area contributed by atoms with Gasteiger partial charge < -0.3 is 14.4 Å². The number of aromatic nitrogens is 3. The first kappa shape index (κ1) is 14.5. The van der Waals surface area contributed by atoms with Crippen LogP contribution in [0.5, 0.6) is 0 Å². The van der Waals surface area contributed by atoms with Crippen LogP contribution in [0.1, 0.15) is 17.3 Å². The molecule has 3 heterocycles. The molecule has 7 nitrogen and oxygen atoms in total. The topological polar surface area (TPSA) is 80.3 Å². The number of hydrogen-bond acceptors (Lipinski definition) is 6. The van der Waals surface area contributed by atoms with E-state index < -0.39 is 5.97 Å². The largest absolute Gasteiger partial charge is 0.465 e. The molecule has 3 rings (SSSR count). The van der Waals surface area contributed by atoms with E-state index in [1.54, 1.807) is 6.07 Å². The predicted molar refractivity (Wildman–Crippen MR) is 85.6 cm³/mol. The van der Waals surface area contributed by atoms with Crippen LogP contribution < -0.4 is 4.90 Å². The van der Waals surface area contributed by atoms with Gasteiger partial charge in [-0.3, -0.25) is 5.10 Å². The summed E-state index contributed by atoms with van der Waals surface area (Å²) >= 11 is 2.12. The van der Waals surface area contributed by atoms with Crippen molar-refractivity contribution in [1.82, 2.24) is 15.2 Å². The number of anilines is 1.